The summed E-state index contributed by atoms with van der Waals surface area (Å²) in [6.45, 7) is 9.09. The Morgan fingerprint density at radius 3 is 2.67 bits per heavy atom. The Kier molecular flexibility index (Phi) is 10.8. The molecular formula is C25H33FN2O2. The van der Waals surface area contributed by atoms with Crippen LogP contribution in [0.2, 0.25) is 0 Å². The Bertz CT molecular complexity index is 790. The topological polar surface area (TPSA) is 44.2 Å². The lowest BCUT2D eigenvalue weighted by molar-refractivity contribution is 0.0566. The molecule has 1 atom stereocenters. The van der Waals surface area contributed by atoms with Crippen LogP contribution in [0, 0.1) is 5.82 Å². The minimum Gasteiger partial charge on any atom is -0.459 e. The third-order valence-corrected chi connectivity index (χ3v) is 4.70. The number of hydrogen-bond donors (Lipinski definition) is 0. The fourth-order valence-corrected chi connectivity index (χ4v) is 2.99. The van der Waals surface area contributed by atoms with E-state index in [1.165, 1.54) is 18.9 Å². The highest BCUT2D eigenvalue weighted by molar-refractivity contribution is 5.65. The van der Waals surface area contributed by atoms with Gasteiger partial charge in [-0.05, 0) is 44.2 Å². The van der Waals surface area contributed by atoms with E-state index >= 15 is 0 Å². The summed E-state index contributed by atoms with van der Waals surface area (Å²) in [5, 5.41) is 0. The van der Waals surface area contributed by atoms with E-state index in [1.54, 1.807) is 24.5 Å². The quantitative estimate of drug-likeness (QED) is 0.258. The molecule has 2 rings (SSSR count). The molecule has 0 spiro atoms. The first-order chi connectivity index (χ1) is 14.6. The molecule has 1 heterocycles. The molecule has 5 heteroatoms. The van der Waals surface area contributed by atoms with Gasteiger partial charge in [-0.15, -0.1) is 0 Å². The van der Waals surface area contributed by atoms with Crippen molar-refractivity contribution in [1.82, 2.24) is 9.97 Å². The lowest BCUT2D eigenvalue weighted by atomic mass is 10.1. The number of hydrogen-bond acceptors (Lipinski definition) is 4. The van der Waals surface area contributed by atoms with Gasteiger partial charge < -0.3 is 9.47 Å². The number of unbranched alkanes of at least 4 members (excludes halogenated alkanes) is 3. The smallest absolute Gasteiger partial charge is 0.316 e. The molecule has 2 aromatic rings. The molecule has 1 aromatic carbocycles. The molecule has 30 heavy (non-hydrogen) atoms. The van der Waals surface area contributed by atoms with E-state index < -0.39 is 0 Å². The van der Waals surface area contributed by atoms with Crippen LogP contribution in [0.5, 0.6) is 6.01 Å². The molecule has 1 aromatic heterocycles. The minimum absolute atomic E-state index is 0.249. The number of nitrogens with zero attached hydrogens (tertiary/aromatic N) is 2. The second-order valence-corrected chi connectivity index (χ2v) is 7.32. The molecule has 1 unspecified atom stereocenters. The predicted molar refractivity (Wildman–Crippen MR) is 121 cm³/mol. The van der Waals surface area contributed by atoms with Gasteiger partial charge in [-0.25, -0.2) is 14.4 Å². The number of aromatic nitrogens is 2. The largest absolute Gasteiger partial charge is 0.459 e. The zero-order valence-electron chi connectivity index (χ0n) is 18.1. The summed E-state index contributed by atoms with van der Waals surface area (Å²) < 4.78 is 25.6. The first-order valence-electron chi connectivity index (χ1n) is 10.8. The molecule has 0 fully saturated rings. The van der Waals surface area contributed by atoms with Gasteiger partial charge in [-0.1, -0.05) is 56.7 Å². The first kappa shape index (κ1) is 23.7. The molecule has 0 aliphatic rings. The maximum Gasteiger partial charge on any atom is 0.316 e. The maximum atomic E-state index is 14.5. The molecule has 0 radical (unpaired) electrons. The molecule has 0 N–H and O–H groups in total. The van der Waals surface area contributed by atoms with E-state index in [2.05, 4.69) is 36.5 Å². The van der Waals surface area contributed by atoms with Gasteiger partial charge in [0, 0.05) is 30.1 Å². The van der Waals surface area contributed by atoms with Crippen molar-refractivity contribution >= 4 is 6.08 Å². The monoisotopic (exact) mass is 412 g/mol. The second kappa shape index (κ2) is 13.6. The van der Waals surface area contributed by atoms with Crippen molar-refractivity contribution in [2.75, 3.05) is 13.2 Å². The number of rotatable bonds is 14. The van der Waals surface area contributed by atoms with Crippen molar-refractivity contribution in [3.8, 4) is 17.1 Å². The SMILES string of the molecule is C=CCOc1ncc(-c2ccc(/C=C/CCCC(C)OCCCCC)cc2F)cn1. The molecule has 162 valence electrons. The van der Waals surface area contributed by atoms with Crippen molar-refractivity contribution in [2.45, 2.75) is 58.5 Å². The third-order valence-electron chi connectivity index (χ3n) is 4.70. The summed E-state index contributed by atoms with van der Waals surface area (Å²) in [6.07, 6.45) is 15.7. The lowest BCUT2D eigenvalue weighted by Gasteiger charge is -2.12. The Labute approximate surface area is 179 Å². The molecular weight excluding hydrogens is 379 g/mol. The van der Waals surface area contributed by atoms with Gasteiger partial charge in [0.15, 0.2) is 0 Å². The molecule has 0 aliphatic heterocycles. The number of benzene rings is 1. The van der Waals surface area contributed by atoms with Crippen molar-refractivity contribution in [3.05, 3.63) is 60.7 Å². The number of allylic oxidation sites excluding steroid dienone is 1. The normalized spacial score (nSPS) is 12.2. The van der Waals surface area contributed by atoms with E-state index in [0.717, 1.165) is 37.9 Å². The second-order valence-electron chi connectivity index (χ2n) is 7.32. The fraction of sp³-hybridized carbons (Fsp3) is 0.440. The summed E-state index contributed by atoms with van der Waals surface area (Å²) in [5.41, 5.74) is 1.92. The Morgan fingerprint density at radius 2 is 1.97 bits per heavy atom. The number of halogens is 1. The van der Waals surface area contributed by atoms with Crippen molar-refractivity contribution < 1.29 is 13.9 Å². The number of ether oxygens (including phenoxy) is 2. The molecule has 0 amide bonds. The lowest BCUT2D eigenvalue weighted by Crippen LogP contribution is -2.08. The van der Waals surface area contributed by atoms with Gasteiger partial charge >= 0.3 is 6.01 Å². The van der Waals surface area contributed by atoms with Crippen molar-refractivity contribution in [3.63, 3.8) is 0 Å². The average Bonchev–Trinajstić information content (AvgIpc) is 2.75. The fourth-order valence-electron chi connectivity index (χ4n) is 2.99. The van der Waals surface area contributed by atoms with Crippen LogP contribution in [0.3, 0.4) is 0 Å². The Morgan fingerprint density at radius 1 is 1.17 bits per heavy atom. The summed E-state index contributed by atoms with van der Waals surface area (Å²) in [5.74, 6) is -0.297. The Hall–Kier alpha value is -2.53. The highest BCUT2D eigenvalue weighted by atomic mass is 19.1. The van der Waals surface area contributed by atoms with Crippen LogP contribution in [0.1, 0.15) is 57.9 Å². The average molecular weight is 413 g/mol. The molecule has 4 nitrogen and oxygen atoms in total. The Balaban J connectivity index is 1.80. The van der Waals surface area contributed by atoms with Crippen LogP contribution in [-0.2, 0) is 4.74 Å². The van der Waals surface area contributed by atoms with Crippen LogP contribution in [-0.4, -0.2) is 29.3 Å². The van der Waals surface area contributed by atoms with Crippen LogP contribution >= 0.6 is 0 Å². The minimum atomic E-state index is -0.297. The molecule has 0 aliphatic carbocycles. The van der Waals surface area contributed by atoms with Gasteiger partial charge in [0.1, 0.15) is 12.4 Å². The zero-order valence-corrected chi connectivity index (χ0v) is 18.1. The van der Waals surface area contributed by atoms with Gasteiger partial charge in [0.25, 0.3) is 0 Å². The van der Waals surface area contributed by atoms with E-state index in [-0.39, 0.29) is 11.8 Å². The van der Waals surface area contributed by atoms with Crippen LogP contribution in [0.25, 0.3) is 17.2 Å². The van der Waals surface area contributed by atoms with E-state index in [4.69, 9.17) is 9.47 Å². The van der Waals surface area contributed by atoms with Crippen LogP contribution in [0.4, 0.5) is 4.39 Å². The molecule has 0 saturated heterocycles. The van der Waals surface area contributed by atoms with Gasteiger partial charge in [0.05, 0.1) is 6.10 Å². The van der Waals surface area contributed by atoms with E-state index in [9.17, 15) is 4.39 Å². The zero-order chi connectivity index (χ0) is 21.6. The van der Waals surface area contributed by atoms with Gasteiger partial charge in [-0.3, -0.25) is 0 Å². The summed E-state index contributed by atoms with van der Waals surface area (Å²) in [6, 6.07) is 5.44. The van der Waals surface area contributed by atoms with Gasteiger partial charge in [-0.2, -0.15) is 0 Å². The first-order valence-corrected chi connectivity index (χ1v) is 10.8. The highest BCUT2D eigenvalue weighted by Crippen LogP contribution is 2.24. The summed E-state index contributed by atoms with van der Waals surface area (Å²) in [4.78, 5) is 8.19. The summed E-state index contributed by atoms with van der Waals surface area (Å²) >= 11 is 0. The van der Waals surface area contributed by atoms with E-state index in [1.807, 2.05) is 12.1 Å². The van der Waals surface area contributed by atoms with E-state index in [0.29, 0.717) is 23.8 Å². The van der Waals surface area contributed by atoms with Crippen LogP contribution in [0.15, 0.2) is 49.3 Å². The molecule has 0 bridgehead atoms. The van der Waals surface area contributed by atoms with Crippen molar-refractivity contribution in [2.24, 2.45) is 0 Å². The van der Waals surface area contributed by atoms with Gasteiger partial charge in [0.2, 0.25) is 0 Å². The highest BCUT2D eigenvalue weighted by Gasteiger charge is 2.07. The third kappa shape index (κ3) is 8.46. The van der Waals surface area contributed by atoms with Crippen molar-refractivity contribution in [1.29, 1.82) is 0 Å². The summed E-state index contributed by atoms with van der Waals surface area (Å²) in [7, 11) is 0. The molecule has 0 saturated carbocycles. The predicted octanol–water partition coefficient (Wildman–Crippen LogP) is 6.63. The standard InChI is InChI=1S/C25H33FN2O2/c1-4-6-10-16-29-20(3)11-8-7-9-12-21-13-14-23(24(26)17-21)22-18-27-25(28-19-22)30-15-5-2/h5,9,12-14,17-20H,2,4,6-8,10-11,15-16H2,1,3H3/b12-9+. The van der Waals surface area contributed by atoms with Crippen LogP contribution < -0.4 is 4.74 Å². The maximum absolute atomic E-state index is 14.5.